The van der Waals surface area contributed by atoms with Gasteiger partial charge >= 0.3 is 0 Å². The van der Waals surface area contributed by atoms with E-state index in [0.717, 1.165) is 29.9 Å². The fourth-order valence-electron chi connectivity index (χ4n) is 2.37. The van der Waals surface area contributed by atoms with Crippen LogP contribution in [0.1, 0.15) is 28.8 Å². The normalized spacial score (nSPS) is 13.9. The minimum absolute atomic E-state index is 0.436. The first kappa shape index (κ1) is 13.4. The molecule has 0 radical (unpaired) electrons. The lowest BCUT2D eigenvalue weighted by Crippen LogP contribution is -2.27. The highest BCUT2D eigenvalue weighted by Crippen LogP contribution is 2.33. The van der Waals surface area contributed by atoms with Crippen LogP contribution in [0, 0.1) is 0 Å². The average Bonchev–Trinajstić information content (AvgIpc) is 3.31. The fourth-order valence-corrected chi connectivity index (χ4v) is 2.37. The van der Waals surface area contributed by atoms with Crippen LogP contribution in [0.15, 0.2) is 42.6 Å². The van der Waals surface area contributed by atoms with E-state index in [4.69, 9.17) is 11.5 Å². The average molecular weight is 282 g/mol. The lowest BCUT2D eigenvalue weighted by molar-refractivity contribution is 0.1000. The summed E-state index contributed by atoms with van der Waals surface area (Å²) in [5.74, 6) is 0.339. The molecule has 1 fully saturated rings. The molecule has 1 aliphatic rings. The lowest BCUT2D eigenvalue weighted by Gasteiger charge is -2.24. The molecule has 0 atom stereocenters. The van der Waals surface area contributed by atoms with Crippen molar-refractivity contribution in [1.29, 1.82) is 0 Å². The fraction of sp³-hybridized carbons (Fsp3) is 0.250. The van der Waals surface area contributed by atoms with Gasteiger partial charge in [0, 0.05) is 30.0 Å². The molecule has 0 unspecified atom stereocenters. The van der Waals surface area contributed by atoms with Gasteiger partial charge in [-0.2, -0.15) is 0 Å². The predicted octanol–water partition coefficient (Wildman–Crippen LogP) is 1.93. The molecule has 0 saturated heterocycles. The highest BCUT2D eigenvalue weighted by atomic mass is 16.1. The van der Waals surface area contributed by atoms with E-state index in [1.54, 1.807) is 18.3 Å². The summed E-state index contributed by atoms with van der Waals surface area (Å²) in [4.78, 5) is 17.9. The number of para-hydroxylation sites is 1. The minimum atomic E-state index is -0.436. The monoisotopic (exact) mass is 282 g/mol. The number of pyridine rings is 1. The summed E-state index contributed by atoms with van der Waals surface area (Å²) in [7, 11) is 0. The minimum Gasteiger partial charge on any atom is -0.398 e. The van der Waals surface area contributed by atoms with Gasteiger partial charge in [-0.25, -0.2) is 4.98 Å². The Balaban J connectivity index is 1.90. The third-order valence-corrected chi connectivity index (χ3v) is 3.71. The second-order valence-electron chi connectivity index (χ2n) is 5.32. The van der Waals surface area contributed by atoms with Crippen LogP contribution in [0.3, 0.4) is 0 Å². The van der Waals surface area contributed by atoms with Gasteiger partial charge in [-0.1, -0.05) is 18.2 Å². The van der Waals surface area contributed by atoms with Crippen molar-refractivity contribution >= 4 is 17.4 Å². The largest absolute Gasteiger partial charge is 0.398 e. The number of benzene rings is 1. The van der Waals surface area contributed by atoms with Crippen molar-refractivity contribution in [3.8, 4) is 0 Å². The van der Waals surface area contributed by atoms with Crippen molar-refractivity contribution in [2.24, 2.45) is 5.73 Å². The van der Waals surface area contributed by atoms with E-state index in [1.807, 2.05) is 24.3 Å². The number of nitrogens with two attached hydrogens (primary N) is 2. The number of anilines is 2. The molecule has 5 nitrogen and oxygen atoms in total. The molecule has 1 amide bonds. The Morgan fingerprint density at radius 3 is 2.71 bits per heavy atom. The summed E-state index contributed by atoms with van der Waals surface area (Å²) in [5.41, 5.74) is 13.7. The topological polar surface area (TPSA) is 85.2 Å². The van der Waals surface area contributed by atoms with Crippen LogP contribution in [0.2, 0.25) is 0 Å². The van der Waals surface area contributed by atoms with Gasteiger partial charge in [0.15, 0.2) is 0 Å². The van der Waals surface area contributed by atoms with Gasteiger partial charge in [-0.3, -0.25) is 4.79 Å². The highest BCUT2D eigenvalue weighted by Gasteiger charge is 2.30. The Bertz CT molecular complexity index is 667. The van der Waals surface area contributed by atoms with Crippen molar-refractivity contribution in [3.05, 3.63) is 53.7 Å². The summed E-state index contributed by atoms with van der Waals surface area (Å²) in [6, 6.07) is 11.7. The van der Waals surface area contributed by atoms with Gasteiger partial charge in [0.25, 0.3) is 0 Å². The number of rotatable bonds is 5. The van der Waals surface area contributed by atoms with E-state index < -0.39 is 5.91 Å². The molecular formula is C16H18N4O. The van der Waals surface area contributed by atoms with E-state index in [0.29, 0.717) is 18.2 Å². The summed E-state index contributed by atoms with van der Waals surface area (Å²) in [6.07, 6.45) is 3.89. The van der Waals surface area contributed by atoms with Gasteiger partial charge in [-0.15, -0.1) is 0 Å². The first-order chi connectivity index (χ1) is 10.1. The van der Waals surface area contributed by atoms with E-state index in [9.17, 15) is 4.79 Å². The third kappa shape index (κ3) is 2.97. The Labute approximate surface area is 123 Å². The maximum absolute atomic E-state index is 11.3. The van der Waals surface area contributed by atoms with Crippen LogP contribution in [0.5, 0.6) is 0 Å². The molecular weight excluding hydrogens is 264 g/mol. The standard InChI is InChI=1S/C16H18N4O/c17-14-4-2-1-3-12(14)10-20(13-5-6-13)15-9-11(16(18)21)7-8-19-15/h1-4,7-9,13H,5-6,10,17H2,(H2,18,21). The zero-order chi connectivity index (χ0) is 14.8. The highest BCUT2D eigenvalue weighted by molar-refractivity contribution is 5.93. The molecule has 1 saturated carbocycles. The summed E-state index contributed by atoms with van der Waals surface area (Å²) in [5, 5.41) is 0. The molecule has 0 bridgehead atoms. The van der Waals surface area contributed by atoms with Crippen molar-refractivity contribution in [2.75, 3.05) is 10.6 Å². The molecule has 2 aromatic rings. The molecule has 1 heterocycles. The first-order valence-corrected chi connectivity index (χ1v) is 7.01. The Kier molecular flexibility index (Phi) is 3.48. The van der Waals surface area contributed by atoms with Crippen molar-refractivity contribution < 1.29 is 4.79 Å². The van der Waals surface area contributed by atoms with Gasteiger partial charge in [-0.05, 0) is 36.6 Å². The summed E-state index contributed by atoms with van der Waals surface area (Å²) < 4.78 is 0. The third-order valence-electron chi connectivity index (χ3n) is 3.71. The zero-order valence-electron chi connectivity index (χ0n) is 11.7. The summed E-state index contributed by atoms with van der Waals surface area (Å²) in [6.45, 7) is 0.687. The second-order valence-corrected chi connectivity index (χ2v) is 5.32. The number of hydrogen-bond acceptors (Lipinski definition) is 4. The van der Waals surface area contributed by atoms with Crippen LogP contribution >= 0.6 is 0 Å². The SMILES string of the molecule is NC(=O)c1ccnc(N(Cc2ccccc2N)C2CC2)c1. The molecule has 108 valence electrons. The molecule has 1 aromatic carbocycles. The van der Waals surface area contributed by atoms with Crippen LogP contribution in [0.4, 0.5) is 11.5 Å². The second kappa shape index (κ2) is 5.44. The molecule has 0 aliphatic heterocycles. The van der Waals surface area contributed by atoms with Gasteiger partial charge in [0.1, 0.15) is 5.82 Å². The molecule has 1 aromatic heterocycles. The van der Waals surface area contributed by atoms with Crippen LogP contribution in [-0.4, -0.2) is 16.9 Å². The molecule has 21 heavy (non-hydrogen) atoms. The maximum Gasteiger partial charge on any atom is 0.248 e. The quantitative estimate of drug-likeness (QED) is 0.821. The number of carbonyl (C=O) groups is 1. The van der Waals surface area contributed by atoms with Gasteiger partial charge < -0.3 is 16.4 Å². The van der Waals surface area contributed by atoms with E-state index in [2.05, 4.69) is 9.88 Å². The van der Waals surface area contributed by atoms with Gasteiger partial charge in [0.2, 0.25) is 5.91 Å². The predicted molar refractivity (Wildman–Crippen MR) is 82.8 cm³/mol. The number of carbonyl (C=O) groups excluding carboxylic acids is 1. The van der Waals surface area contributed by atoms with Crippen molar-refractivity contribution in [1.82, 2.24) is 4.98 Å². The van der Waals surface area contributed by atoms with E-state index >= 15 is 0 Å². The molecule has 5 heteroatoms. The van der Waals surface area contributed by atoms with Crippen LogP contribution in [0.25, 0.3) is 0 Å². The van der Waals surface area contributed by atoms with Gasteiger partial charge in [0.05, 0.1) is 0 Å². The number of aromatic nitrogens is 1. The van der Waals surface area contributed by atoms with E-state index in [-0.39, 0.29) is 0 Å². The number of nitrogens with zero attached hydrogens (tertiary/aromatic N) is 2. The van der Waals surface area contributed by atoms with Crippen LogP contribution in [-0.2, 0) is 6.54 Å². The molecule has 3 rings (SSSR count). The summed E-state index contributed by atoms with van der Waals surface area (Å²) >= 11 is 0. The van der Waals surface area contributed by atoms with Crippen molar-refractivity contribution in [3.63, 3.8) is 0 Å². The number of amides is 1. The lowest BCUT2D eigenvalue weighted by atomic mass is 10.1. The molecule has 0 spiro atoms. The Morgan fingerprint density at radius 2 is 2.05 bits per heavy atom. The van der Waals surface area contributed by atoms with E-state index in [1.165, 1.54) is 0 Å². The Hall–Kier alpha value is -2.56. The molecule has 4 N–H and O–H groups in total. The first-order valence-electron chi connectivity index (χ1n) is 7.01. The zero-order valence-corrected chi connectivity index (χ0v) is 11.7. The Morgan fingerprint density at radius 1 is 1.29 bits per heavy atom. The number of hydrogen-bond donors (Lipinski definition) is 2. The smallest absolute Gasteiger partial charge is 0.248 e. The van der Waals surface area contributed by atoms with Crippen LogP contribution < -0.4 is 16.4 Å². The van der Waals surface area contributed by atoms with Crippen molar-refractivity contribution in [2.45, 2.75) is 25.4 Å². The molecule has 1 aliphatic carbocycles. The maximum atomic E-state index is 11.3. The number of primary amides is 1. The number of nitrogen functional groups attached to an aromatic ring is 1.